The second kappa shape index (κ2) is 3.71. The zero-order chi connectivity index (χ0) is 12.8. The molecule has 1 aromatic carbocycles. The molecule has 1 aliphatic heterocycles. The van der Waals surface area contributed by atoms with E-state index in [0.29, 0.717) is 0 Å². The van der Waals surface area contributed by atoms with Crippen LogP contribution in [0.2, 0.25) is 0 Å². The molecule has 0 N–H and O–H groups in total. The summed E-state index contributed by atoms with van der Waals surface area (Å²) in [5.74, 6) is 0. The van der Waals surface area contributed by atoms with E-state index >= 15 is 0 Å². The lowest BCUT2D eigenvalue weighted by molar-refractivity contribution is 0.247. The Labute approximate surface area is 105 Å². The average molecular weight is 230 g/mol. The third-order valence-electron chi connectivity index (χ3n) is 4.51. The van der Waals surface area contributed by atoms with E-state index in [4.69, 9.17) is 0 Å². The van der Waals surface area contributed by atoms with Gasteiger partial charge in [0.05, 0.1) is 14.1 Å². The fourth-order valence-electron chi connectivity index (χ4n) is 2.69. The minimum Gasteiger partial charge on any atom is -0.288 e. The molecule has 1 nitrogen and oxygen atoms in total. The zero-order valence-electron chi connectivity index (χ0n) is 12.0. The maximum absolute atomic E-state index is 2.41. The third-order valence-corrected chi connectivity index (χ3v) is 4.51. The highest BCUT2D eigenvalue weighted by molar-refractivity contribution is 5.79. The summed E-state index contributed by atoms with van der Waals surface area (Å²) in [5, 5.41) is 0. The summed E-state index contributed by atoms with van der Waals surface area (Å²) in [4.78, 5) is 0. The molecule has 0 radical (unpaired) electrons. The highest BCUT2D eigenvalue weighted by Gasteiger charge is 2.41. The molecule has 1 heteroatoms. The summed E-state index contributed by atoms with van der Waals surface area (Å²) in [6.45, 7) is 9.08. The number of hydrogen-bond donors (Lipinski definition) is 0. The second-order valence-corrected chi connectivity index (χ2v) is 6.14. The van der Waals surface area contributed by atoms with Gasteiger partial charge in [0, 0.05) is 11.6 Å². The lowest BCUT2D eigenvalue weighted by Crippen LogP contribution is -2.58. The summed E-state index contributed by atoms with van der Waals surface area (Å²) in [6.07, 6.45) is 3.52. The number of rotatable bonds is 1. The Morgan fingerprint density at radius 2 is 1.82 bits per heavy atom. The Kier molecular flexibility index (Phi) is 2.70. The van der Waals surface area contributed by atoms with Crippen molar-refractivity contribution >= 4 is 11.3 Å². The number of allylic oxidation sites excluding steroid dienone is 1. The quantitative estimate of drug-likeness (QED) is 0.639. The van der Waals surface area contributed by atoms with Crippen molar-refractivity contribution in [2.75, 3.05) is 14.1 Å². The maximum atomic E-state index is 2.41. The van der Waals surface area contributed by atoms with Gasteiger partial charge in [-0.1, -0.05) is 13.0 Å². The van der Waals surface area contributed by atoms with Crippen LogP contribution in [0.15, 0.2) is 24.3 Å². The van der Waals surface area contributed by atoms with Crippen LogP contribution in [0.5, 0.6) is 0 Å². The number of hydrogen-bond acceptors (Lipinski definition) is 0. The van der Waals surface area contributed by atoms with E-state index < -0.39 is 0 Å². The van der Waals surface area contributed by atoms with Crippen LogP contribution in [0.3, 0.4) is 0 Å². The molecule has 0 fully saturated rings. The highest BCUT2D eigenvalue weighted by atomic mass is 15.4. The van der Waals surface area contributed by atoms with Gasteiger partial charge < -0.3 is 0 Å². The van der Waals surface area contributed by atoms with Crippen molar-refractivity contribution in [2.45, 2.75) is 39.7 Å². The topological polar surface area (TPSA) is 0 Å². The standard InChI is InChI=1S/C16H24N/c1-7-13-8-9-15-14(10-13)12(2)11-16(3,4)17(15,5)6/h8-11H,7H2,1-6H3/q+1. The van der Waals surface area contributed by atoms with Crippen molar-refractivity contribution in [3.05, 3.63) is 35.4 Å². The molecule has 1 aromatic rings. The Balaban J connectivity index is 2.68. The molecule has 0 spiro atoms. The average Bonchev–Trinajstić information content (AvgIpc) is 2.25. The van der Waals surface area contributed by atoms with Crippen LogP contribution in [0.1, 0.15) is 38.8 Å². The van der Waals surface area contributed by atoms with Crippen molar-refractivity contribution in [3.8, 4) is 0 Å². The van der Waals surface area contributed by atoms with E-state index in [1.165, 1.54) is 22.4 Å². The molecule has 0 saturated carbocycles. The first-order valence-electron chi connectivity index (χ1n) is 6.47. The fraction of sp³-hybridized carbons (Fsp3) is 0.500. The minimum atomic E-state index is 0.158. The monoisotopic (exact) mass is 230 g/mol. The minimum absolute atomic E-state index is 0.158. The molecule has 1 heterocycles. The predicted molar refractivity (Wildman–Crippen MR) is 77.2 cm³/mol. The smallest absolute Gasteiger partial charge is 0.140 e. The summed E-state index contributed by atoms with van der Waals surface area (Å²) >= 11 is 0. The molecule has 0 unspecified atom stereocenters. The third kappa shape index (κ3) is 1.73. The Morgan fingerprint density at radius 1 is 1.18 bits per heavy atom. The van der Waals surface area contributed by atoms with E-state index in [-0.39, 0.29) is 5.54 Å². The van der Waals surface area contributed by atoms with Gasteiger partial charge in [-0.05, 0) is 50.5 Å². The number of nitrogens with zero attached hydrogens (tertiary/aromatic N) is 1. The van der Waals surface area contributed by atoms with Gasteiger partial charge in [0.1, 0.15) is 11.2 Å². The molecule has 92 valence electrons. The summed E-state index contributed by atoms with van der Waals surface area (Å²) in [5.41, 5.74) is 5.86. The molecule has 1 aliphatic rings. The van der Waals surface area contributed by atoms with E-state index in [1.807, 2.05) is 0 Å². The lowest BCUT2D eigenvalue weighted by atomic mass is 9.86. The van der Waals surface area contributed by atoms with Crippen LogP contribution in [0.4, 0.5) is 5.69 Å². The van der Waals surface area contributed by atoms with Crippen LogP contribution in [-0.4, -0.2) is 19.6 Å². The van der Waals surface area contributed by atoms with Crippen LogP contribution in [-0.2, 0) is 6.42 Å². The zero-order valence-corrected chi connectivity index (χ0v) is 12.0. The van der Waals surface area contributed by atoms with Gasteiger partial charge in [0.15, 0.2) is 0 Å². The highest BCUT2D eigenvalue weighted by Crippen LogP contribution is 2.42. The van der Waals surface area contributed by atoms with Crippen molar-refractivity contribution in [2.24, 2.45) is 0 Å². The molecule has 0 atom stereocenters. The second-order valence-electron chi connectivity index (χ2n) is 6.14. The predicted octanol–water partition coefficient (Wildman–Crippen LogP) is 4.01. The Morgan fingerprint density at radius 3 is 2.41 bits per heavy atom. The molecule has 0 bridgehead atoms. The largest absolute Gasteiger partial charge is 0.288 e. The van der Waals surface area contributed by atoms with Gasteiger partial charge in [-0.3, -0.25) is 4.48 Å². The number of benzene rings is 1. The molecule has 0 amide bonds. The van der Waals surface area contributed by atoms with E-state index in [0.717, 1.165) is 10.9 Å². The first kappa shape index (κ1) is 12.4. The fourth-order valence-corrected chi connectivity index (χ4v) is 2.69. The molecule has 2 rings (SSSR count). The molecular formula is C16H24N+. The van der Waals surface area contributed by atoms with Gasteiger partial charge in [-0.25, -0.2) is 0 Å². The molecule has 0 aromatic heterocycles. The van der Waals surface area contributed by atoms with Gasteiger partial charge in [0.25, 0.3) is 0 Å². The van der Waals surface area contributed by atoms with Crippen LogP contribution in [0.25, 0.3) is 5.57 Å². The molecule has 17 heavy (non-hydrogen) atoms. The number of aryl methyl sites for hydroxylation is 1. The maximum Gasteiger partial charge on any atom is 0.140 e. The van der Waals surface area contributed by atoms with Crippen LogP contribution in [0, 0.1) is 0 Å². The number of quaternary nitrogens is 1. The van der Waals surface area contributed by atoms with Gasteiger partial charge in [-0.2, -0.15) is 0 Å². The van der Waals surface area contributed by atoms with Crippen LogP contribution < -0.4 is 4.48 Å². The number of likely N-dealkylation sites (N-methyl/N-ethyl adjacent to an activating group) is 1. The summed E-state index contributed by atoms with van der Waals surface area (Å²) in [7, 11) is 4.60. The van der Waals surface area contributed by atoms with Crippen molar-refractivity contribution in [1.29, 1.82) is 0 Å². The summed E-state index contributed by atoms with van der Waals surface area (Å²) < 4.78 is 0.920. The van der Waals surface area contributed by atoms with E-state index in [9.17, 15) is 0 Å². The van der Waals surface area contributed by atoms with Crippen LogP contribution >= 0.6 is 0 Å². The molecule has 0 saturated heterocycles. The SMILES string of the molecule is CCc1ccc2c(c1)C(C)=CC(C)(C)[N+]2(C)C. The Bertz CT molecular complexity index is 478. The first-order chi connectivity index (χ1) is 7.79. The first-order valence-corrected chi connectivity index (χ1v) is 6.47. The van der Waals surface area contributed by atoms with Crippen molar-refractivity contribution < 1.29 is 0 Å². The Hall–Kier alpha value is -1.08. The molecular weight excluding hydrogens is 206 g/mol. The van der Waals surface area contributed by atoms with Gasteiger partial charge in [-0.15, -0.1) is 0 Å². The lowest BCUT2D eigenvalue weighted by Gasteiger charge is -2.46. The van der Waals surface area contributed by atoms with Gasteiger partial charge in [0.2, 0.25) is 0 Å². The van der Waals surface area contributed by atoms with Crippen molar-refractivity contribution in [1.82, 2.24) is 4.48 Å². The number of fused-ring (bicyclic) bond motifs is 1. The molecule has 0 aliphatic carbocycles. The normalized spacial score (nSPS) is 20.7. The van der Waals surface area contributed by atoms with Crippen molar-refractivity contribution in [3.63, 3.8) is 0 Å². The van der Waals surface area contributed by atoms with E-state index in [1.54, 1.807) is 0 Å². The van der Waals surface area contributed by atoms with Gasteiger partial charge >= 0.3 is 0 Å². The van der Waals surface area contributed by atoms with E-state index in [2.05, 4.69) is 66.1 Å². The summed E-state index contributed by atoms with van der Waals surface area (Å²) in [6, 6.07) is 6.94.